The maximum Gasteiger partial charge on any atom is 0.253 e. The van der Waals surface area contributed by atoms with Gasteiger partial charge in [-0.1, -0.05) is 22.0 Å². The molecule has 28 heavy (non-hydrogen) atoms. The van der Waals surface area contributed by atoms with E-state index in [-0.39, 0.29) is 17.4 Å². The number of likely N-dealkylation sites (tertiary alicyclic amines) is 1. The van der Waals surface area contributed by atoms with Crippen LogP contribution in [0.2, 0.25) is 0 Å². The van der Waals surface area contributed by atoms with Crippen molar-refractivity contribution in [1.82, 2.24) is 10.2 Å². The highest BCUT2D eigenvalue weighted by Crippen LogP contribution is 2.60. The van der Waals surface area contributed by atoms with E-state index in [9.17, 15) is 9.59 Å². The van der Waals surface area contributed by atoms with E-state index >= 15 is 0 Å². The summed E-state index contributed by atoms with van der Waals surface area (Å²) < 4.78 is 0.927. The van der Waals surface area contributed by atoms with Gasteiger partial charge < -0.3 is 10.2 Å². The van der Waals surface area contributed by atoms with Gasteiger partial charge in [0.05, 0.1) is 0 Å². The lowest BCUT2D eigenvalue weighted by Crippen LogP contribution is -2.56. The molecule has 4 bridgehead atoms. The van der Waals surface area contributed by atoms with Crippen LogP contribution in [0.4, 0.5) is 0 Å². The minimum absolute atomic E-state index is 0.0714. The highest BCUT2D eigenvalue weighted by atomic mass is 79.9. The second-order valence-electron chi connectivity index (χ2n) is 9.75. The Hall–Kier alpha value is -1.36. The summed E-state index contributed by atoms with van der Waals surface area (Å²) in [5.74, 6) is 2.79. The number of hydrogen-bond acceptors (Lipinski definition) is 2. The van der Waals surface area contributed by atoms with E-state index in [2.05, 4.69) is 21.2 Å². The van der Waals surface area contributed by atoms with Crippen LogP contribution in [0.3, 0.4) is 0 Å². The molecule has 6 rings (SSSR count). The predicted molar refractivity (Wildman–Crippen MR) is 112 cm³/mol. The quantitative estimate of drug-likeness (QED) is 0.751. The van der Waals surface area contributed by atoms with Gasteiger partial charge in [-0.15, -0.1) is 0 Å². The number of halogens is 1. The molecule has 5 aliphatic rings. The van der Waals surface area contributed by atoms with Gasteiger partial charge in [0.15, 0.2) is 0 Å². The minimum Gasteiger partial charge on any atom is -0.353 e. The lowest BCUT2D eigenvalue weighted by molar-refractivity contribution is -0.147. The van der Waals surface area contributed by atoms with E-state index in [1.165, 1.54) is 19.3 Å². The zero-order chi connectivity index (χ0) is 19.3. The third kappa shape index (κ3) is 3.40. The van der Waals surface area contributed by atoms with Crippen LogP contribution < -0.4 is 5.32 Å². The average molecular weight is 445 g/mol. The Morgan fingerprint density at radius 2 is 1.61 bits per heavy atom. The monoisotopic (exact) mass is 444 g/mol. The SMILES string of the molecule is O=C(c1cccc(Br)c1)N1CCC(NC(=O)C23CC4CC(CC(C4)C2)C3)CC1. The first-order chi connectivity index (χ1) is 13.5. The summed E-state index contributed by atoms with van der Waals surface area (Å²) in [6, 6.07) is 7.79. The fourth-order valence-electron chi connectivity index (χ4n) is 6.76. The Balaban J connectivity index is 1.18. The molecule has 2 amide bonds. The predicted octanol–water partition coefficient (Wildman–Crippen LogP) is 4.39. The molecule has 1 heterocycles. The molecule has 0 spiro atoms. The summed E-state index contributed by atoms with van der Waals surface area (Å²) >= 11 is 3.44. The van der Waals surface area contributed by atoms with E-state index in [1.807, 2.05) is 29.2 Å². The van der Waals surface area contributed by atoms with Crippen molar-refractivity contribution in [3.63, 3.8) is 0 Å². The van der Waals surface area contributed by atoms with Crippen LogP contribution in [0.15, 0.2) is 28.7 Å². The maximum atomic E-state index is 13.2. The topological polar surface area (TPSA) is 49.4 Å². The van der Waals surface area contributed by atoms with Gasteiger partial charge in [-0.2, -0.15) is 0 Å². The normalized spacial score (nSPS) is 34.5. The lowest BCUT2D eigenvalue weighted by Gasteiger charge is -2.56. The molecule has 1 aliphatic heterocycles. The van der Waals surface area contributed by atoms with Crippen LogP contribution in [0, 0.1) is 23.2 Å². The number of benzene rings is 1. The van der Waals surface area contributed by atoms with Crippen LogP contribution in [-0.4, -0.2) is 35.8 Å². The first kappa shape index (κ1) is 18.7. The largest absolute Gasteiger partial charge is 0.353 e. The van der Waals surface area contributed by atoms with Crippen LogP contribution >= 0.6 is 15.9 Å². The standard InChI is InChI=1S/C23H29BrN2O2/c24-19-3-1-2-18(11-19)21(27)26-6-4-20(5-7-26)25-22(28)23-12-15-8-16(13-23)10-17(9-15)14-23/h1-3,11,15-17,20H,4-10,12-14H2,(H,25,28). The van der Waals surface area contributed by atoms with Crippen molar-refractivity contribution in [2.75, 3.05) is 13.1 Å². The van der Waals surface area contributed by atoms with Crippen LogP contribution in [0.5, 0.6) is 0 Å². The smallest absolute Gasteiger partial charge is 0.253 e. The van der Waals surface area contributed by atoms with Gasteiger partial charge in [-0.25, -0.2) is 0 Å². The van der Waals surface area contributed by atoms with Gasteiger partial charge in [-0.3, -0.25) is 9.59 Å². The molecule has 4 saturated carbocycles. The van der Waals surface area contributed by atoms with Crippen molar-refractivity contribution in [2.24, 2.45) is 23.2 Å². The minimum atomic E-state index is -0.0714. The molecule has 4 nitrogen and oxygen atoms in total. The van der Waals surface area contributed by atoms with Gasteiger partial charge >= 0.3 is 0 Å². The first-order valence-electron chi connectivity index (χ1n) is 10.9. The van der Waals surface area contributed by atoms with Gasteiger partial charge in [0.25, 0.3) is 5.91 Å². The summed E-state index contributed by atoms with van der Waals surface area (Å²) in [5.41, 5.74) is 0.656. The number of piperidine rings is 1. The van der Waals surface area contributed by atoms with Crippen molar-refractivity contribution < 1.29 is 9.59 Å². The third-order valence-corrected chi connectivity index (χ3v) is 8.20. The summed E-state index contributed by atoms with van der Waals surface area (Å²) in [4.78, 5) is 27.9. The number of nitrogens with one attached hydrogen (secondary N) is 1. The van der Waals surface area contributed by atoms with Crippen molar-refractivity contribution >= 4 is 27.7 Å². The first-order valence-corrected chi connectivity index (χ1v) is 11.7. The highest BCUT2D eigenvalue weighted by Gasteiger charge is 2.54. The molecule has 1 aromatic carbocycles. The molecular formula is C23H29BrN2O2. The van der Waals surface area contributed by atoms with E-state index in [0.29, 0.717) is 5.91 Å². The fourth-order valence-corrected chi connectivity index (χ4v) is 7.16. The van der Waals surface area contributed by atoms with Crippen LogP contribution in [0.25, 0.3) is 0 Å². The molecule has 5 fully saturated rings. The number of carbonyl (C=O) groups is 2. The van der Waals surface area contributed by atoms with Gasteiger partial charge in [0.1, 0.15) is 0 Å². The van der Waals surface area contributed by atoms with Crippen molar-refractivity contribution in [1.29, 1.82) is 0 Å². The molecule has 0 radical (unpaired) electrons. The zero-order valence-electron chi connectivity index (χ0n) is 16.3. The zero-order valence-corrected chi connectivity index (χ0v) is 17.9. The van der Waals surface area contributed by atoms with Crippen molar-refractivity contribution in [3.05, 3.63) is 34.3 Å². The highest BCUT2D eigenvalue weighted by molar-refractivity contribution is 9.10. The van der Waals surface area contributed by atoms with E-state index in [4.69, 9.17) is 0 Å². The molecule has 1 aromatic rings. The number of amides is 2. The summed E-state index contributed by atoms with van der Waals surface area (Å²) in [6.45, 7) is 1.44. The Bertz CT molecular complexity index is 749. The maximum absolute atomic E-state index is 13.2. The van der Waals surface area contributed by atoms with Gasteiger partial charge in [-0.05, 0) is 87.3 Å². The molecule has 0 unspecified atom stereocenters. The average Bonchev–Trinajstić information content (AvgIpc) is 2.67. The number of hydrogen-bond donors (Lipinski definition) is 1. The Labute approximate surface area is 175 Å². The Kier molecular flexibility index (Phi) is 4.77. The molecule has 150 valence electrons. The molecule has 1 N–H and O–H groups in total. The molecule has 5 heteroatoms. The van der Waals surface area contributed by atoms with Crippen LogP contribution in [0.1, 0.15) is 61.7 Å². The van der Waals surface area contributed by atoms with Crippen molar-refractivity contribution in [2.45, 2.75) is 57.4 Å². The molecular weight excluding hydrogens is 416 g/mol. The Morgan fingerprint density at radius 1 is 1.00 bits per heavy atom. The summed E-state index contributed by atoms with van der Waals surface area (Å²) in [6.07, 6.45) is 9.16. The van der Waals surface area contributed by atoms with Gasteiger partial charge in [0.2, 0.25) is 5.91 Å². The molecule has 4 aliphatic carbocycles. The van der Waals surface area contributed by atoms with Crippen LogP contribution in [-0.2, 0) is 4.79 Å². The summed E-state index contributed by atoms with van der Waals surface area (Å²) in [7, 11) is 0. The lowest BCUT2D eigenvalue weighted by atomic mass is 9.49. The molecule has 1 saturated heterocycles. The number of rotatable bonds is 3. The van der Waals surface area contributed by atoms with E-state index in [1.54, 1.807) is 0 Å². The molecule has 0 aromatic heterocycles. The fraction of sp³-hybridized carbons (Fsp3) is 0.652. The number of carbonyl (C=O) groups excluding carboxylic acids is 2. The van der Waals surface area contributed by atoms with Crippen molar-refractivity contribution in [3.8, 4) is 0 Å². The van der Waals surface area contributed by atoms with E-state index < -0.39 is 0 Å². The second kappa shape index (κ2) is 7.16. The number of nitrogens with zero attached hydrogens (tertiary/aromatic N) is 1. The van der Waals surface area contributed by atoms with Gasteiger partial charge in [0, 0.05) is 34.6 Å². The third-order valence-electron chi connectivity index (χ3n) is 7.71. The molecule has 0 atom stereocenters. The Morgan fingerprint density at radius 3 is 2.18 bits per heavy atom. The summed E-state index contributed by atoms with van der Waals surface area (Å²) in [5, 5.41) is 3.40. The second-order valence-corrected chi connectivity index (χ2v) is 10.7. The van der Waals surface area contributed by atoms with E-state index in [0.717, 1.165) is 73.0 Å².